The van der Waals surface area contributed by atoms with E-state index in [0.29, 0.717) is 0 Å². The standard InChI is InChI=1S/4HNO2.NO.H2O.Ru/c4*2-1-3;1-2;;/h4*(H,2,3);;1H2;/q;;;;+1;;/p-4. The molecule has 0 atom stereocenters. The third kappa shape index (κ3) is 303. The fourth-order valence-corrected chi connectivity index (χ4v) is 0. The Hall–Kier alpha value is -2.15. The summed E-state index contributed by atoms with van der Waals surface area (Å²) in [5.74, 6) is 0. The van der Waals surface area contributed by atoms with Gasteiger partial charge in [-0.15, -0.1) is 21.4 Å². The first-order valence-corrected chi connectivity index (χ1v) is 1.64. The Bertz CT molecular complexity index is 99.6. The van der Waals surface area contributed by atoms with E-state index in [1.807, 2.05) is 0 Å². The van der Waals surface area contributed by atoms with Crippen LogP contribution in [0.3, 0.4) is 0 Å². The summed E-state index contributed by atoms with van der Waals surface area (Å²) >= 11 is 0. The van der Waals surface area contributed by atoms with Crippen LogP contribution in [0.15, 0.2) is 21.4 Å². The fourth-order valence-electron chi connectivity index (χ4n) is 0. The first-order chi connectivity index (χ1) is 6.66. The zero-order chi connectivity index (χ0) is 12.8. The van der Waals surface area contributed by atoms with E-state index in [1.165, 1.54) is 0 Å². The summed E-state index contributed by atoms with van der Waals surface area (Å²) < 4.78 is 7.25. The van der Waals surface area contributed by atoms with E-state index in [4.69, 9.17) is 50.7 Å². The van der Waals surface area contributed by atoms with Crippen LogP contribution in [0.25, 0.3) is 0 Å². The molecule has 0 spiro atoms. The minimum Gasteiger partial charge on any atom is -0.444 e. The Morgan fingerprint density at radius 1 is 0.688 bits per heavy atom. The van der Waals surface area contributed by atoms with Gasteiger partial charge in [0.1, 0.15) is 0 Å². The van der Waals surface area contributed by atoms with Crippen LogP contribution < -0.4 is 0 Å². The summed E-state index contributed by atoms with van der Waals surface area (Å²) in [5, 5.41) is 36.0. The molecule has 0 aliphatic rings. The average molecular weight is 333 g/mol. The molecule has 0 aromatic rings. The molecule has 0 rings (SSSR count). The summed E-state index contributed by atoms with van der Waals surface area (Å²) in [5.41, 5.74) is 5.75. The second-order valence-corrected chi connectivity index (χ2v) is 0.298. The van der Waals surface area contributed by atoms with Gasteiger partial charge in [0, 0.05) is 19.5 Å². The monoisotopic (exact) mass is 334 g/mol. The zero-order valence-corrected chi connectivity index (χ0v) is 8.50. The summed E-state index contributed by atoms with van der Waals surface area (Å²) in [7, 11) is 0. The predicted molar refractivity (Wildman–Crippen MR) is 42.7 cm³/mol. The van der Waals surface area contributed by atoms with Crippen LogP contribution >= 0.6 is 0 Å². The van der Waals surface area contributed by atoms with Crippen molar-refractivity contribution in [2.75, 3.05) is 0 Å². The smallest absolute Gasteiger partial charge is 0 e. The van der Waals surface area contributed by atoms with Gasteiger partial charge in [-0.3, -0.25) is 0 Å². The maximum atomic E-state index is 8.00. The minimum absolute atomic E-state index is 0. The summed E-state index contributed by atoms with van der Waals surface area (Å²) in [6.45, 7) is 0. The maximum Gasteiger partial charge on any atom is 0 e. The van der Waals surface area contributed by atoms with Crippen molar-refractivity contribution in [2.24, 2.45) is 21.4 Å². The van der Waals surface area contributed by atoms with Crippen molar-refractivity contribution < 1.29 is 29.7 Å². The van der Waals surface area contributed by atoms with Crippen LogP contribution in [-0.4, -0.2) is 5.48 Å². The number of nitrogens with zero attached hydrogens (tertiary/aromatic N) is 5. The van der Waals surface area contributed by atoms with Gasteiger partial charge >= 0.3 is 10.2 Å². The second-order valence-electron chi connectivity index (χ2n) is 0.298. The van der Waals surface area contributed by atoms with Crippen molar-refractivity contribution in [3.63, 3.8) is 0 Å². The molecular formula is H2N5O10Ru-3. The van der Waals surface area contributed by atoms with Crippen molar-refractivity contribution in [2.45, 2.75) is 0 Å². The van der Waals surface area contributed by atoms with E-state index < -0.39 is 0 Å². The molecule has 0 amide bonds. The van der Waals surface area contributed by atoms with Crippen LogP contribution in [0.1, 0.15) is 0 Å². The fraction of sp³-hybridized carbons (Fsp3) is 0. The second kappa shape index (κ2) is 526. The van der Waals surface area contributed by atoms with E-state index in [-0.39, 0.29) is 25.0 Å². The Morgan fingerprint density at radius 2 is 0.688 bits per heavy atom. The molecular weight excluding hydrogens is 331 g/mol. The van der Waals surface area contributed by atoms with Crippen molar-refractivity contribution in [1.82, 2.24) is 0 Å². The van der Waals surface area contributed by atoms with Gasteiger partial charge in [0.05, 0.1) is 0 Å². The minimum atomic E-state index is 0. The van der Waals surface area contributed by atoms with Crippen molar-refractivity contribution in [3.05, 3.63) is 40.5 Å². The van der Waals surface area contributed by atoms with Gasteiger partial charge in [-0.05, 0) is 0 Å². The van der Waals surface area contributed by atoms with Gasteiger partial charge in [-0.25, -0.2) is 0 Å². The molecule has 0 aromatic heterocycles. The topological polar surface area (TPSA) is 285 Å². The predicted octanol–water partition coefficient (Wildman–Crippen LogP) is 0.0715. The average Bonchev–Trinajstić information content (AvgIpc) is 2.12. The molecule has 0 aliphatic carbocycles. The Morgan fingerprint density at radius 3 is 0.688 bits per heavy atom. The first kappa shape index (κ1) is 48.7. The normalized spacial score (nSPS) is 3.12. The van der Waals surface area contributed by atoms with Crippen molar-refractivity contribution in [3.8, 4) is 0 Å². The van der Waals surface area contributed by atoms with E-state index in [2.05, 4.69) is 0 Å². The van der Waals surface area contributed by atoms with Crippen LogP contribution in [0.5, 0.6) is 0 Å². The van der Waals surface area contributed by atoms with E-state index >= 15 is 0 Å². The molecule has 0 heterocycles. The molecule has 0 saturated carbocycles. The maximum absolute atomic E-state index is 8.00. The van der Waals surface area contributed by atoms with Crippen LogP contribution in [0.2, 0.25) is 0 Å². The molecule has 0 aliphatic heterocycles. The van der Waals surface area contributed by atoms with E-state index in [9.17, 15) is 0 Å². The van der Waals surface area contributed by atoms with Crippen molar-refractivity contribution >= 4 is 0 Å². The van der Waals surface area contributed by atoms with E-state index in [0.717, 1.165) is 21.4 Å². The SMILES string of the molecule is N#[O+].O.O=N[O-].O=N[O-].O=N[O-].O=N[O-].[Ru]. The Balaban J connectivity index is -0.0000000124. The molecule has 0 radical (unpaired) electrons. The molecule has 16 heavy (non-hydrogen) atoms. The number of rotatable bonds is 0. The molecule has 2 N–H and O–H groups in total. The molecule has 0 fully saturated rings. The Labute approximate surface area is 97.8 Å². The Kier molecular flexibility index (Phi) is 1600. The van der Waals surface area contributed by atoms with Gasteiger partial charge < -0.3 is 45.9 Å². The number of hydrogen-bond acceptors (Lipinski definition) is 13. The van der Waals surface area contributed by atoms with Gasteiger partial charge in [0.15, 0.2) is 0 Å². The molecule has 0 saturated heterocycles. The largest absolute Gasteiger partial charge is 0.444 e. The van der Waals surface area contributed by atoms with Crippen LogP contribution in [0, 0.1) is 45.9 Å². The summed E-state index contributed by atoms with van der Waals surface area (Å²) in [6.07, 6.45) is 0. The molecule has 0 bridgehead atoms. The quantitative estimate of drug-likeness (QED) is 0.250. The van der Waals surface area contributed by atoms with Gasteiger partial charge in [-0.2, -0.15) is 0 Å². The molecule has 98 valence electrons. The van der Waals surface area contributed by atoms with Crippen LogP contribution in [0.4, 0.5) is 0 Å². The third-order valence-electron chi connectivity index (χ3n) is 0. The van der Waals surface area contributed by atoms with E-state index in [1.54, 1.807) is 0 Å². The molecule has 15 nitrogen and oxygen atoms in total. The molecule has 0 unspecified atom stereocenters. The summed E-state index contributed by atoms with van der Waals surface area (Å²) in [6, 6.07) is 0. The molecule has 0 aromatic carbocycles. The number of hydrogen-bond donors (Lipinski definition) is 0. The zero-order valence-electron chi connectivity index (χ0n) is 6.76. The van der Waals surface area contributed by atoms with Gasteiger partial charge in [0.25, 0.3) is 0 Å². The van der Waals surface area contributed by atoms with Crippen molar-refractivity contribution in [1.29, 1.82) is 5.46 Å². The molecule has 16 heteroatoms. The third-order valence-corrected chi connectivity index (χ3v) is 0. The summed E-state index contributed by atoms with van der Waals surface area (Å²) in [4.78, 5) is 32.0. The van der Waals surface area contributed by atoms with Gasteiger partial charge in [-0.1, -0.05) is 0 Å². The van der Waals surface area contributed by atoms with Crippen LogP contribution in [-0.2, 0) is 24.3 Å². The first-order valence-electron chi connectivity index (χ1n) is 1.64. The van der Waals surface area contributed by atoms with Gasteiger partial charge in [0.2, 0.25) is 0 Å².